The highest BCUT2D eigenvalue weighted by Gasteiger charge is 2.10. The van der Waals surface area contributed by atoms with Crippen LogP contribution in [0.2, 0.25) is 0 Å². The lowest BCUT2D eigenvalue weighted by Crippen LogP contribution is -2.05. The number of methoxy groups -OCH3 is 1. The van der Waals surface area contributed by atoms with Crippen LogP contribution in [0.25, 0.3) is 0 Å². The first kappa shape index (κ1) is 18.5. The van der Waals surface area contributed by atoms with Crippen molar-refractivity contribution in [2.45, 2.75) is 34.6 Å². The van der Waals surface area contributed by atoms with E-state index >= 15 is 0 Å². The van der Waals surface area contributed by atoms with Crippen LogP contribution >= 0.6 is 0 Å². The van der Waals surface area contributed by atoms with Gasteiger partial charge in [-0.3, -0.25) is 0 Å². The van der Waals surface area contributed by atoms with Gasteiger partial charge in [-0.05, 0) is 30.7 Å². The second-order valence-corrected chi connectivity index (χ2v) is 2.88. The molecule has 0 radical (unpaired) electrons. The molecular formula is C14H22O4. The molecule has 1 aromatic rings. The summed E-state index contributed by atoms with van der Waals surface area (Å²) in [5.41, 5.74) is 1.06. The largest absolute Gasteiger partial charge is 0.478 e. The number of benzene rings is 1. The highest BCUT2D eigenvalue weighted by atomic mass is 16.5. The summed E-state index contributed by atoms with van der Waals surface area (Å²) in [5.74, 6) is -1.59. The van der Waals surface area contributed by atoms with Gasteiger partial charge in [-0.25, -0.2) is 9.59 Å². The van der Waals surface area contributed by atoms with Crippen LogP contribution in [-0.4, -0.2) is 24.2 Å². The van der Waals surface area contributed by atoms with Crippen molar-refractivity contribution in [3.8, 4) is 0 Å². The van der Waals surface area contributed by atoms with Crippen LogP contribution in [0, 0.1) is 6.92 Å². The first-order valence-corrected chi connectivity index (χ1v) is 5.98. The van der Waals surface area contributed by atoms with Gasteiger partial charge in [0.1, 0.15) is 0 Å². The van der Waals surface area contributed by atoms with E-state index in [0.29, 0.717) is 5.56 Å². The summed E-state index contributed by atoms with van der Waals surface area (Å²) in [6.45, 7) is 9.72. The van der Waals surface area contributed by atoms with Gasteiger partial charge in [-0.15, -0.1) is 0 Å². The minimum Gasteiger partial charge on any atom is -0.478 e. The standard InChI is InChI=1S/C10H10O4.2C2H6/c1-6-3-7(9(11)12)5-8(4-6)10(13)14-2;2*1-2/h3-5H,1-2H3,(H,11,12);2*1-2H3. The monoisotopic (exact) mass is 254 g/mol. The average Bonchev–Trinajstić information content (AvgIpc) is 2.41. The van der Waals surface area contributed by atoms with E-state index in [9.17, 15) is 9.59 Å². The van der Waals surface area contributed by atoms with E-state index in [-0.39, 0.29) is 11.1 Å². The molecule has 0 amide bonds. The molecule has 0 fully saturated rings. The van der Waals surface area contributed by atoms with Gasteiger partial charge in [0, 0.05) is 0 Å². The quantitative estimate of drug-likeness (QED) is 0.820. The van der Waals surface area contributed by atoms with Gasteiger partial charge in [0.15, 0.2) is 0 Å². The van der Waals surface area contributed by atoms with Crippen LogP contribution in [0.5, 0.6) is 0 Å². The highest BCUT2D eigenvalue weighted by molar-refractivity contribution is 5.94. The summed E-state index contributed by atoms with van der Waals surface area (Å²) in [6, 6.07) is 4.37. The van der Waals surface area contributed by atoms with Gasteiger partial charge < -0.3 is 9.84 Å². The summed E-state index contributed by atoms with van der Waals surface area (Å²) >= 11 is 0. The van der Waals surface area contributed by atoms with Crippen LogP contribution < -0.4 is 0 Å². The molecule has 0 aliphatic rings. The number of carboxylic acid groups (broad SMARTS) is 1. The van der Waals surface area contributed by atoms with Crippen molar-refractivity contribution < 1.29 is 19.4 Å². The van der Waals surface area contributed by atoms with Gasteiger partial charge >= 0.3 is 11.9 Å². The molecule has 18 heavy (non-hydrogen) atoms. The predicted molar refractivity (Wildman–Crippen MR) is 72.2 cm³/mol. The molecule has 0 aliphatic carbocycles. The number of hydrogen-bond acceptors (Lipinski definition) is 3. The molecule has 0 spiro atoms. The fourth-order valence-corrected chi connectivity index (χ4v) is 1.14. The van der Waals surface area contributed by atoms with Gasteiger partial charge in [-0.1, -0.05) is 27.7 Å². The van der Waals surface area contributed by atoms with Crippen LogP contribution in [0.3, 0.4) is 0 Å². The van der Waals surface area contributed by atoms with Crippen molar-refractivity contribution in [2.75, 3.05) is 7.11 Å². The van der Waals surface area contributed by atoms with Crippen LogP contribution in [0.4, 0.5) is 0 Å². The molecule has 0 bridgehead atoms. The Labute approximate surface area is 109 Å². The Morgan fingerprint density at radius 3 is 1.83 bits per heavy atom. The molecule has 4 nitrogen and oxygen atoms in total. The number of carbonyl (C=O) groups is 2. The van der Waals surface area contributed by atoms with Gasteiger partial charge in [-0.2, -0.15) is 0 Å². The fraction of sp³-hybridized carbons (Fsp3) is 0.429. The predicted octanol–water partition coefficient (Wildman–Crippen LogP) is 3.53. The lowest BCUT2D eigenvalue weighted by Gasteiger charge is -2.02. The minimum absolute atomic E-state index is 0.0883. The summed E-state index contributed by atoms with van der Waals surface area (Å²) < 4.78 is 4.49. The molecule has 4 heteroatoms. The van der Waals surface area contributed by atoms with Crippen LogP contribution in [0.1, 0.15) is 54.0 Å². The first-order chi connectivity index (χ1) is 8.54. The molecule has 0 saturated heterocycles. The molecule has 0 unspecified atom stereocenters. The van der Waals surface area contributed by atoms with Crippen molar-refractivity contribution in [3.63, 3.8) is 0 Å². The maximum Gasteiger partial charge on any atom is 0.337 e. The Morgan fingerprint density at radius 1 is 1.00 bits per heavy atom. The SMILES string of the molecule is CC.CC.COC(=O)c1cc(C)cc(C(=O)O)c1. The number of aryl methyl sites for hydroxylation is 1. The number of ether oxygens (including phenoxy) is 1. The molecule has 1 N–H and O–H groups in total. The number of esters is 1. The number of carbonyl (C=O) groups excluding carboxylic acids is 1. The minimum atomic E-state index is -1.06. The maximum atomic E-state index is 11.1. The van der Waals surface area contributed by atoms with E-state index < -0.39 is 11.9 Å². The lowest BCUT2D eigenvalue weighted by molar-refractivity contribution is 0.0600. The number of carboxylic acids is 1. The number of hydrogen-bond donors (Lipinski definition) is 1. The Morgan fingerprint density at radius 2 is 1.44 bits per heavy atom. The Bertz CT molecular complexity index is 383. The summed E-state index contributed by atoms with van der Waals surface area (Å²) in [4.78, 5) is 21.8. The second-order valence-electron chi connectivity index (χ2n) is 2.88. The van der Waals surface area contributed by atoms with Crippen molar-refractivity contribution in [3.05, 3.63) is 34.9 Å². The summed E-state index contributed by atoms with van der Waals surface area (Å²) in [5, 5.41) is 8.74. The van der Waals surface area contributed by atoms with E-state index in [1.807, 2.05) is 27.7 Å². The molecule has 0 atom stereocenters. The molecule has 102 valence electrons. The van der Waals surface area contributed by atoms with E-state index in [1.54, 1.807) is 13.0 Å². The summed E-state index contributed by atoms with van der Waals surface area (Å²) in [7, 11) is 1.26. The highest BCUT2D eigenvalue weighted by Crippen LogP contribution is 2.10. The van der Waals surface area contributed by atoms with Crippen molar-refractivity contribution in [1.29, 1.82) is 0 Å². The Hall–Kier alpha value is -1.84. The van der Waals surface area contributed by atoms with Crippen molar-refractivity contribution in [1.82, 2.24) is 0 Å². The third-order valence-corrected chi connectivity index (χ3v) is 1.75. The Kier molecular flexibility index (Phi) is 10.6. The zero-order valence-electron chi connectivity index (χ0n) is 11.9. The van der Waals surface area contributed by atoms with Crippen molar-refractivity contribution >= 4 is 11.9 Å². The molecule has 1 aromatic carbocycles. The van der Waals surface area contributed by atoms with E-state index in [4.69, 9.17) is 5.11 Å². The van der Waals surface area contributed by atoms with E-state index in [2.05, 4.69) is 4.74 Å². The topological polar surface area (TPSA) is 63.6 Å². The molecule has 0 heterocycles. The number of aromatic carboxylic acids is 1. The average molecular weight is 254 g/mol. The molecule has 1 rings (SSSR count). The van der Waals surface area contributed by atoms with Crippen molar-refractivity contribution in [2.24, 2.45) is 0 Å². The van der Waals surface area contributed by atoms with Crippen LogP contribution in [0.15, 0.2) is 18.2 Å². The normalized spacial score (nSPS) is 8.11. The van der Waals surface area contributed by atoms with Gasteiger partial charge in [0.25, 0.3) is 0 Å². The Balaban J connectivity index is 0. The molecule has 0 aromatic heterocycles. The molecular weight excluding hydrogens is 232 g/mol. The van der Waals surface area contributed by atoms with Gasteiger partial charge in [0.05, 0.1) is 18.2 Å². The number of rotatable bonds is 2. The first-order valence-electron chi connectivity index (χ1n) is 5.98. The lowest BCUT2D eigenvalue weighted by atomic mass is 10.1. The summed E-state index contributed by atoms with van der Waals surface area (Å²) in [6.07, 6.45) is 0. The third kappa shape index (κ3) is 6.03. The van der Waals surface area contributed by atoms with E-state index in [0.717, 1.165) is 0 Å². The van der Waals surface area contributed by atoms with Crippen LogP contribution in [-0.2, 0) is 4.74 Å². The maximum absolute atomic E-state index is 11.1. The second kappa shape index (κ2) is 10.3. The molecule has 0 aliphatic heterocycles. The van der Waals surface area contributed by atoms with E-state index in [1.165, 1.54) is 19.2 Å². The molecule has 0 saturated carbocycles. The smallest absolute Gasteiger partial charge is 0.337 e. The fourth-order valence-electron chi connectivity index (χ4n) is 1.14. The zero-order valence-corrected chi connectivity index (χ0v) is 11.9. The third-order valence-electron chi connectivity index (χ3n) is 1.75. The van der Waals surface area contributed by atoms with Gasteiger partial charge in [0.2, 0.25) is 0 Å². The zero-order chi connectivity index (χ0) is 14.7.